The van der Waals surface area contributed by atoms with Gasteiger partial charge in [-0.25, -0.2) is 4.79 Å². The summed E-state index contributed by atoms with van der Waals surface area (Å²) in [5.74, 6) is 0.386. The van der Waals surface area contributed by atoms with E-state index in [1.807, 2.05) is 6.08 Å². The number of allylic oxidation sites excluding steroid dienone is 1. The van der Waals surface area contributed by atoms with E-state index in [-0.39, 0.29) is 12.6 Å². The fourth-order valence-corrected chi connectivity index (χ4v) is 2.11. The number of carbonyl (C=O) groups excluding carboxylic acids is 1. The smallest absolute Gasteiger partial charge is 0.330 e. The average molecular weight is 212 g/mol. The molecule has 0 aromatic heterocycles. The molecule has 0 heterocycles. The van der Waals surface area contributed by atoms with Crippen molar-refractivity contribution in [2.45, 2.75) is 32.6 Å². The molecule has 0 spiro atoms. The summed E-state index contributed by atoms with van der Waals surface area (Å²) in [4.78, 5) is 11.1. The molecule has 1 rings (SSSR count). The third-order valence-electron chi connectivity index (χ3n) is 2.97. The van der Waals surface area contributed by atoms with Gasteiger partial charge in [-0.15, -0.1) is 0 Å². The molecule has 1 aliphatic rings. The predicted molar refractivity (Wildman–Crippen MR) is 58.3 cm³/mol. The minimum atomic E-state index is -0.278. The van der Waals surface area contributed by atoms with Crippen LogP contribution in [-0.2, 0) is 9.53 Å². The van der Waals surface area contributed by atoms with Gasteiger partial charge in [0.05, 0.1) is 6.61 Å². The molecule has 1 aliphatic carbocycles. The van der Waals surface area contributed by atoms with Gasteiger partial charge in [0.2, 0.25) is 0 Å². The molecule has 0 aromatic carbocycles. The zero-order valence-corrected chi connectivity index (χ0v) is 9.32. The highest BCUT2D eigenvalue weighted by Crippen LogP contribution is 2.30. The van der Waals surface area contributed by atoms with Crippen LogP contribution in [0.5, 0.6) is 0 Å². The predicted octanol–water partition coefficient (Wildman–Crippen LogP) is 1.90. The summed E-state index contributed by atoms with van der Waals surface area (Å²) in [6.45, 7) is 2.43. The first kappa shape index (κ1) is 12.2. The van der Waals surface area contributed by atoms with Crippen LogP contribution in [0.25, 0.3) is 0 Å². The number of aliphatic hydroxyl groups excluding tert-OH is 1. The van der Waals surface area contributed by atoms with Crippen LogP contribution in [0.15, 0.2) is 12.2 Å². The van der Waals surface area contributed by atoms with E-state index in [0.717, 1.165) is 12.8 Å². The fourth-order valence-electron chi connectivity index (χ4n) is 2.11. The third-order valence-corrected chi connectivity index (χ3v) is 2.97. The van der Waals surface area contributed by atoms with E-state index in [4.69, 9.17) is 4.74 Å². The minimum Gasteiger partial charge on any atom is -0.463 e. The van der Waals surface area contributed by atoms with Crippen molar-refractivity contribution >= 4 is 5.97 Å². The van der Waals surface area contributed by atoms with E-state index in [1.54, 1.807) is 6.92 Å². The lowest BCUT2D eigenvalue weighted by atomic mass is 9.79. The SMILES string of the molecule is CCOC(=O)C=CC1CCCCC1CO. The molecule has 3 nitrogen and oxygen atoms in total. The molecule has 0 saturated heterocycles. The van der Waals surface area contributed by atoms with Crippen LogP contribution in [-0.4, -0.2) is 24.3 Å². The van der Waals surface area contributed by atoms with Crippen LogP contribution in [0.4, 0.5) is 0 Å². The maximum absolute atomic E-state index is 11.1. The summed E-state index contributed by atoms with van der Waals surface area (Å²) in [5.41, 5.74) is 0. The van der Waals surface area contributed by atoms with Gasteiger partial charge < -0.3 is 9.84 Å². The Morgan fingerprint density at radius 3 is 2.87 bits per heavy atom. The molecule has 2 unspecified atom stereocenters. The number of carbonyl (C=O) groups is 1. The molecule has 0 radical (unpaired) electrons. The Hall–Kier alpha value is -0.830. The van der Waals surface area contributed by atoms with E-state index in [0.29, 0.717) is 18.4 Å². The number of ether oxygens (including phenoxy) is 1. The standard InChI is InChI=1S/C12H20O3/c1-2-15-12(14)8-7-10-5-3-4-6-11(10)9-13/h7-8,10-11,13H,2-6,9H2,1H3. The van der Waals surface area contributed by atoms with Crippen molar-refractivity contribution in [1.82, 2.24) is 0 Å². The van der Waals surface area contributed by atoms with Gasteiger partial charge in [-0.3, -0.25) is 0 Å². The van der Waals surface area contributed by atoms with Crippen LogP contribution in [0.2, 0.25) is 0 Å². The van der Waals surface area contributed by atoms with E-state index in [1.165, 1.54) is 18.9 Å². The maximum Gasteiger partial charge on any atom is 0.330 e. The van der Waals surface area contributed by atoms with Gasteiger partial charge in [-0.05, 0) is 31.6 Å². The molecular formula is C12H20O3. The summed E-state index contributed by atoms with van der Waals surface area (Å²) >= 11 is 0. The molecule has 1 saturated carbocycles. The van der Waals surface area contributed by atoms with Crippen LogP contribution < -0.4 is 0 Å². The van der Waals surface area contributed by atoms with Crippen molar-refractivity contribution in [2.75, 3.05) is 13.2 Å². The lowest BCUT2D eigenvalue weighted by Gasteiger charge is -2.27. The number of esters is 1. The first-order valence-corrected chi connectivity index (χ1v) is 5.73. The number of hydrogen-bond acceptors (Lipinski definition) is 3. The van der Waals surface area contributed by atoms with Gasteiger partial charge in [-0.1, -0.05) is 18.9 Å². The molecular weight excluding hydrogens is 192 g/mol. The summed E-state index contributed by atoms with van der Waals surface area (Å²) in [6, 6.07) is 0. The summed E-state index contributed by atoms with van der Waals surface area (Å²) < 4.78 is 4.81. The molecule has 1 N–H and O–H groups in total. The highest BCUT2D eigenvalue weighted by atomic mass is 16.5. The van der Waals surface area contributed by atoms with Gasteiger partial charge in [0.1, 0.15) is 0 Å². The second kappa shape index (κ2) is 6.62. The normalized spacial score (nSPS) is 26.8. The van der Waals surface area contributed by atoms with Crippen molar-refractivity contribution in [3.8, 4) is 0 Å². The first-order valence-electron chi connectivity index (χ1n) is 5.73. The van der Waals surface area contributed by atoms with Gasteiger partial charge in [0, 0.05) is 12.7 Å². The molecule has 0 aromatic rings. The van der Waals surface area contributed by atoms with Crippen LogP contribution in [0, 0.1) is 11.8 Å². The molecule has 0 bridgehead atoms. The summed E-state index contributed by atoms with van der Waals surface area (Å²) in [5, 5.41) is 9.18. The molecule has 15 heavy (non-hydrogen) atoms. The van der Waals surface area contributed by atoms with Crippen LogP contribution >= 0.6 is 0 Å². The zero-order chi connectivity index (χ0) is 11.1. The molecule has 0 amide bonds. The number of aliphatic hydroxyl groups is 1. The van der Waals surface area contributed by atoms with Crippen molar-refractivity contribution < 1.29 is 14.6 Å². The number of rotatable bonds is 4. The Balaban J connectivity index is 2.43. The topological polar surface area (TPSA) is 46.5 Å². The summed E-state index contributed by atoms with van der Waals surface area (Å²) in [7, 11) is 0. The quantitative estimate of drug-likeness (QED) is 0.572. The zero-order valence-electron chi connectivity index (χ0n) is 9.32. The van der Waals surface area contributed by atoms with Gasteiger partial charge in [0.25, 0.3) is 0 Å². The Morgan fingerprint density at radius 1 is 1.47 bits per heavy atom. The third kappa shape index (κ3) is 4.04. The Bertz CT molecular complexity index is 223. The van der Waals surface area contributed by atoms with E-state index < -0.39 is 0 Å². The Kier molecular flexibility index (Phi) is 5.40. The molecule has 3 heteroatoms. The Labute approximate surface area is 91.1 Å². The average Bonchev–Trinajstić information content (AvgIpc) is 2.27. The Morgan fingerprint density at radius 2 is 2.20 bits per heavy atom. The maximum atomic E-state index is 11.1. The minimum absolute atomic E-state index is 0.220. The van der Waals surface area contributed by atoms with Crippen molar-refractivity contribution in [3.05, 3.63) is 12.2 Å². The lowest BCUT2D eigenvalue weighted by Crippen LogP contribution is -2.21. The molecule has 86 valence electrons. The lowest BCUT2D eigenvalue weighted by molar-refractivity contribution is -0.137. The summed E-state index contributed by atoms with van der Waals surface area (Å²) in [6.07, 6.45) is 7.92. The van der Waals surface area contributed by atoms with Gasteiger partial charge in [-0.2, -0.15) is 0 Å². The van der Waals surface area contributed by atoms with E-state index >= 15 is 0 Å². The molecule has 0 aliphatic heterocycles. The van der Waals surface area contributed by atoms with E-state index in [2.05, 4.69) is 0 Å². The van der Waals surface area contributed by atoms with Crippen molar-refractivity contribution in [3.63, 3.8) is 0 Å². The van der Waals surface area contributed by atoms with Gasteiger partial charge in [0.15, 0.2) is 0 Å². The van der Waals surface area contributed by atoms with Crippen molar-refractivity contribution in [1.29, 1.82) is 0 Å². The van der Waals surface area contributed by atoms with E-state index in [9.17, 15) is 9.90 Å². The highest BCUT2D eigenvalue weighted by molar-refractivity contribution is 5.81. The van der Waals surface area contributed by atoms with Crippen LogP contribution in [0.1, 0.15) is 32.6 Å². The second-order valence-electron chi connectivity index (χ2n) is 4.00. The molecule has 2 atom stereocenters. The largest absolute Gasteiger partial charge is 0.463 e. The van der Waals surface area contributed by atoms with Crippen LogP contribution in [0.3, 0.4) is 0 Å². The number of hydrogen-bond donors (Lipinski definition) is 1. The van der Waals surface area contributed by atoms with Crippen molar-refractivity contribution in [2.24, 2.45) is 11.8 Å². The fraction of sp³-hybridized carbons (Fsp3) is 0.750. The highest BCUT2D eigenvalue weighted by Gasteiger charge is 2.22. The van der Waals surface area contributed by atoms with Gasteiger partial charge >= 0.3 is 5.97 Å². The monoisotopic (exact) mass is 212 g/mol. The molecule has 1 fully saturated rings. The second-order valence-corrected chi connectivity index (χ2v) is 4.00. The first-order chi connectivity index (χ1) is 7.27.